The Bertz CT molecular complexity index is 282. The zero-order valence-electron chi connectivity index (χ0n) is 10.0. The Morgan fingerprint density at radius 2 is 1.89 bits per heavy atom. The Morgan fingerprint density at radius 1 is 1.28 bits per heavy atom. The van der Waals surface area contributed by atoms with E-state index in [1.54, 1.807) is 6.92 Å². The molecule has 2 amide bonds. The lowest BCUT2D eigenvalue weighted by Crippen LogP contribution is -2.45. The van der Waals surface area contributed by atoms with Gasteiger partial charge in [-0.2, -0.15) is 13.2 Å². The second-order valence-electron chi connectivity index (χ2n) is 3.77. The van der Waals surface area contributed by atoms with Gasteiger partial charge in [0.15, 0.2) is 0 Å². The van der Waals surface area contributed by atoms with Crippen LogP contribution in [0.4, 0.5) is 18.0 Å². The molecule has 0 bridgehead atoms. The van der Waals surface area contributed by atoms with Gasteiger partial charge < -0.3 is 15.7 Å². The Kier molecular flexibility index (Phi) is 7.14. The summed E-state index contributed by atoms with van der Waals surface area (Å²) in [4.78, 5) is 21.8. The first-order chi connectivity index (χ1) is 8.26. The molecule has 0 spiro atoms. The van der Waals surface area contributed by atoms with Crippen LogP contribution < -0.4 is 10.6 Å². The lowest BCUT2D eigenvalue weighted by Gasteiger charge is -2.13. The number of nitrogens with one attached hydrogen (secondary N) is 2. The average molecular weight is 270 g/mol. The third-order valence-electron chi connectivity index (χ3n) is 2.18. The smallest absolute Gasteiger partial charge is 0.389 e. The number of carboxylic acids is 1. The fourth-order valence-corrected chi connectivity index (χ4v) is 1.20. The van der Waals surface area contributed by atoms with Crippen molar-refractivity contribution in [2.45, 2.75) is 44.8 Å². The van der Waals surface area contributed by atoms with Crippen molar-refractivity contribution in [2.75, 3.05) is 6.54 Å². The topological polar surface area (TPSA) is 78.4 Å². The second-order valence-corrected chi connectivity index (χ2v) is 3.77. The summed E-state index contributed by atoms with van der Waals surface area (Å²) in [6.45, 7) is 1.68. The highest BCUT2D eigenvalue weighted by molar-refractivity contribution is 5.82. The minimum absolute atomic E-state index is 0.0695. The number of hydrogen-bond donors (Lipinski definition) is 3. The maximum Gasteiger partial charge on any atom is 0.389 e. The first kappa shape index (κ1) is 16.5. The fraction of sp³-hybridized carbons (Fsp3) is 0.800. The van der Waals surface area contributed by atoms with E-state index in [1.807, 2.05) is 0 Å². The molecule has 1 atom stereocenters. The van der Waals surface area contributed by atoms with Crippen LogP contribution in [0.15, 0.2) is 0 Å². The molecular formula is C10H17F3N2O3. The van der Waals surface area contributed by atoms with Crippen LogP contribution in [0.5, 0.6) is 0 Å². The minimum Gasteiger partial charge on any atom is -0.480 e. The van der Waals surface area contributed by atoms with E-state index in [9.17, 15) is 22.8 Å². The zero-order valence-corrected chi connectivity index (χ0v) is 10.0. The molecule has 0 radical (unpaired) electrons. The molecule has 0 aliphatic heterocycles. The second kappa shape index (κ2) is 7.78. The number of carbonyl (C=O) groups is 2. The molecule has 0 aromatic heterocycles. The molecule has 106 valence electrons. The summed E-state index contributed by atoms with van der Waals surface area (Å²) < 4.78 is 35.3. The molecule has 18 heavy (non-hydrogen) atoms. The van der Waals surface area contributed by atoms with E-state index >= 15 is 0 Å². The molecule has 0 saturated carbocycles. The molecule has 0 aliphatic rings. The SMILES string of the molecule is CC[C@H](NC(=O)NCCCCC(F)(F)F)C(=O)O. The number of amides is 2. The van der Waals surface area contributed by atoms with Crippen LogP contribution in [0.3, 0.4) is 0 Å². The van der Waals surface area contributed by atoms with Gasteiger partial charge in [0.2, 0.25) is 0 Å². The van der Waals surface area contributed by atoms with E-state index in [4.69, 9.17) is 5.11 Å². The molecule has 0 aromatic rings. The fourth-order valence-electron chi connectivity index (χ4n) is 1.20. The van der Waals surface area contributed by atoms with Crippen molar-refractivity contribution in [3.05, 3.63) is 0 Å². The van der Waals surface area contributed by atoms with Crippen LogP contribution in [0.1, 0.15) is 32.6 Å². The maximum absolute atomic E-state index is 11.8. The highest BCUT2D eigenvalue weighted by Gasteiger charge is 2.25. The summed E-state index contributed by atoms with van der Waals surface area (Å²) in [7, 11) is 0. The van der Waals surface area contributed by atoms with E-state index in [2.05, 4.69) is 10.6 Å². The number of aliphatic carboxylic acids is 1. The third kappa shape index (κ3) is 8.66. The molecule has 0 fully saturated rings. The first-order valence-electron chi connectivity index (χ1n) is 5.60. The highest BCUT2D eigenvalue weighted by Crippen LogP contribution is 2.21. The molecule has 0 aromatic carbocycles. The molecule has 0 aliphatic carbocycles. The van der Waals surface area contributed by atoms with E-state index in [-0.39, 0.29) is 25.8 Å². The summed E-state index contributed by atoms with van der Waals surface area (Å²) in [5.74, 6) is -1.15. The molecular weight excluding hydrogens is 253 g/mol. The van der Waals surface area contributed by atoms with Crippen molar-refractivity contribution in [1.29, 1.82) is 0 Å². The molecule has 0 saturated heterocycles. The quantitative estimate of drug-likeness (QED) is 0.618. The standard InChI is InChI=1S/C10H17F3N2O3/c1-2-7(8(16)17)15-9(18)14-6-4-3-5-10(11,12)13/h7H,2-6H2,1H3,(H,16,17)(H2,14,15,18)/t7-/m0/s1. The lowest BCUT2D eigenvalue weighted by atomic mass is 10.2. The van der Waals surface area contributed by atoms with Crippen molar-refractivity contribution >= 4 is 12.0 Å². The van der Waals surface area contributed by atoms with Crippen LogP contribution in [-0.2, 0) is 4.79 Å². The van der Waals surface area contributed by atoms with Gasteiger partial charge in [-0.1, -0.05) is 6.92 Å². The summed E-state index contributed by atoms with van der Waals surface area (Å²) in [6.07, 6.45) is -4.71. The van der Waals surface area contributed by atoms with Crippen LogP contribution >= 0.6 is 0 Å². The summed E-state index contributed by atoms with van der Waals surface area (Å²) in [6, 6.07) is -1.67. The van der Waals surface area contributed by atoms with Gasteiger partial charge in [0, 0.05) is 13.0 Å². The van der Waals surface area contributed by atoms with Gasteiger partial charge in [0.05, 0.1) is 0 Å². The monoisotopic (exact) mass is 270 g/mol. The predicted octanol–water partition coefficient (Wildman–Crippen LogP) is 1.88. The van der Waals surface area contributed by atoms with E-state index < -0.39 is 30.6 Å². The Morgan fingerprint density at radius 3 is 2.33 bits per heavy atom. The van der Waals surface area contributed by atoms with Gasteiger partial charge in [-0.15, -0.1) is 0 Å². The zero-order chi connectivity index (χ0) is 14.2. The van der Waals surface area contributed by atoms with E-state index in [0.29, 0.717) is 0 Å². The van der Waals surface area contributed by atoms with Crippen molar-refractivity contribution in [3.63, 3.8) is 0 Å². The number of urea groups is 1. The molecule has 3 N–H and O–H groups in total. The van der Waals surface area contributed by atoms with Gasteiger partial charge in [-0.3, -0.25) is 0 Å². The van der Waals surface area contributed by atoms with Gasteiger partial charge >= 0.3 is 18.2 Å². The summed E-state index contributed by atoms with van der Waals surface area (Å²) in [5.41, 5.74) is 0. The Labute approximate surface area is 103 Å². The summed E-state index contributed by atoms with van der Waals surface area (Å²) in [5, 5.41) is 13.2. The number of halogens is 3. The van der Waals surface area contributed by atoms with Gasteiger partial charge in [-0.25, -0.2) is 9.59 Å². The summed E-state index contributed by atoms with van der Waals surface area (Å²) >= 11 is 0. The Balaban J connectivity index is 3.68. The maximum atomic E-state index is 11.8. The first-order valence-corrected chi connectivity index (χ1v) is 5.60. The largest absolute Gasteiger partial charge is 0.480 e. The third-order valence-corrected chi connectivity index (χ3v) is 2.18. The lowest BCUT2D eigenvalue weighted by molar-refractivity contribution is -0.139. The number of alkyl halides is 3. The van der Waals surface area contributed by atoms with Gasteiger partial charge in [-0.05, 0) is 19.3 Å². The highest BCUT2D eigenvalue weighted by atomic mass is 19.4. The number of carbonyl (C=O) groups excluding carboxylic acids is 1. The molecule has 0 heterocycles. The molecule has 8 heteroatoms. The Hall–Kier alpha value is -1.47. The van der Waals surface area contributed by atoms with Crippen molar-refractivity contribution in [2.24, 2.45) is 0 Å². The van der Waals surface area contributed by atoms with Gasteiger partial charge in [0.1, 0.15) is 6.04 Å². The van der Waals surface area contributed by atoms with Crippen LogP contribution in [0.25, 0.3) is 0 Å². The van der Waals surface area contributed by atoms with Crippen molar-refractivity contribution in [1.82, 2.24) is 10.6 Å². The normalized spacial score (nSPS) is 12.9. The molecule has 0 rings (SSSR count). The predicted molar refractivity (Wildman–Crippen MR) is 58.2 cm³/mol. The number of unbranched alkanes of at least 4 members (excludes halogenated alkanes) is 1. The van der Waals surface area contributed by atoms with Crippen LogP contribution in [0, 0.1) is 0 Å². The van der Waals surface area contributed by atoms with Crippen molar-refractivity contribution in [3.8, 4) is 0 Å². The van der Waals surface area contributed by atoms with Crippen LogP contribution in [0.2, 0.25) is 0 Å². The van der Waals surface area contributed by atoms with Crippen molar-refractivity contribution < 1.29 is 27.9 Å². The molecule has 0 unspecified atom stereocenters. The van der Waals surface area contributed by atoms with E-state index in [0.717, 1.165) is 0 Å². The number of carboxylic acid groups (broad SMARTS) is 1. The van der Waals surface area contributed by atoms with E-state index in [1.165, 1.54) is 0 Å². The van der Waals surface area contributed by atoms with Gasteiger partial charge in [0.25, 0.3) is 0 Å². The number of hydrogen-bond acceptors (Lipinski definition) is 2. The average Bonchev–Trinajstić information content (AvgIpc) is 2.23. The minimum atomic E-state index is -4.18. The molecule has 5 nitrogen and oxygen atoms in total. The number of rotatable bonds is 7. The van der Waals surface area contributed by atoms with Crippen LogP contribution in [-0.4, -0.2) is 35.9 Å².